The third-order valence-corrected chi connectivity index (χ3v) is 1.70. The molecule has 0 radical (unpaired) electrons. The van der Waals surface area contributed by atoms with Crippen LogP contribution in [0.25, 0.3) is 0 Å². The lowest BCUT2D eigenvalue weighted by atomic mass is 10.4. The number of rotatable bonds is 4. The van der Waals surface area contributed by atoms with E-state index in [1.54, 1.807) is 11.8 Å². The van der Waals surface area contributed by atoms with Crippen LogP contribution in [0.3, 0.4) is 0 Å². The maximum atomic E-state index is 3.88. The highest BCUT2D eigenvalue weighted by Crippen LogP contribution is 2.24. The molecule has 0 aromatic heterocycles. The highest BCUT2D eigenvalue weighted by molar-refractivity contribution is 8.06. The zero-order chi connectivity index (χ0) is 7.98. The SMILES string of the molecule is C=C(C)SC(=C)C/C=C/C. The van der Waals surface area contributed by atoms with Crippen LogP contribution < -0.4 is 0 Å². The standard InChI is InChI=1S/C9H14S/c1-5-6-7-9(4)10-8(2)3/h5-6H,2,4,7H2,1,3H3/b6-5+. The van der Waals surface area contributed by atoms with Crippen LogP contribution in [-0.2, 0) is 0 Å². The summed E-state index contributed by atoms with van der Waals surface area (Å²) in [4.78, 5) is 2.26. The fourth-order valence-electron chi connectivity index (χ4n) is 0.537. The third kappa shape index (κ3) is 5.70. The first kappa shape index (κ1) is 9.57. The summed E-state index contributed by atoms with van der Waals surface area (Å²) >= 11 is 1.65. The van der Waals surface area contributed by atoms with Gasteiger partial charge in [-0.25, -0.2) is 0 Å². The van der Waals surface area contributed by atoms with Gasteiger partial charge in [0.05, 0.1) is 0 Å². The summed E-state index contributed by atoms with van der Waals surface area (Å²) < 4.78 is 0. The highest BCUT2D eigenvalue weighted by atomic mass is 32.2. The Morgan fingerprint density at radius 3 is 2.50 bits per heavy atom. The topological polar surface area (TPSA) is 0 Å². The van der Waals surface area contributed by atoms with Gasteiger partial charge in [0.1, 0.15) is 0 Å². The van der Waals surface area contributed by atoms with Gasteiger partial charge in [-0.05, 0) is 30.1 Å². The van der Waals surface area contributed by atoms with Crippen molar-refractivity contribution >= 4 is 11.8 Å². The van der Waals surface area contributed by atoms with Gasteiger partial charge < -0.3 is 0 Å². The quantitative estimate of drug-likeness (QED) is 0.556. The lowest BCUT2D eigenvalue weighted by Gasteiger charge is -1.98. The van der Waals surface area contributed by atoms with Gasteiger partial charge in [0.15, 0.2) is 0 Å². The van der Waals surface area contributed by atoms with Gasteiger partial charge in [0, 0.05) is 0 Å². The van der Waals surface area contributed by atoms with Gasteiger partial charge >= 0.3 is 0 Å². The van der Waals surface area contributed by atoms with Gasteiger partial charge in [-0.3, -0.25) is 0 Å². The first-order valence-electron chi connectivity index (χ1n) is 3.29. The van der Waals surface area contributed by atoms with E-state index in [0.29, 0.717) is 0 Å². The Morgan fingerprint density at radius 2 is 2.10 bits per heavy atom. The number of hydrogen-bond donors (Lipinski definition) is 0. The minimum Gasteiger partial charge on any atom is -0.100 e. The van der Waals surface area contributed by atoms with E-state index < -0.39 is 0 Å². The van der Waals surface area contributed by atoms with Crippen molar-refractivity contribution in [2.75, 3.05) is 0 Å². The summed E-state index contributed by atoms with van der Waals surface area (Å²) in [6.45, 7) is 11.7. The molecular formula is C9H14S. The summed E-state index contributed by atoms with van der Waals surface area (Å²) in [6, 6.07) is 0. The van der Waals surface area contributed by atoms with E-state index in [9.17, 15) is 0 Å². The van der Waals surface area contributed by atoms with E-state index in [4.69, 9.17) is 0 Å². The second kappa shape index (κ2) is 5.36. The van der Waals surface area contributed by atoms with Gasteiger partial charge in [-0.2, -0.15) is 0 Å². The molecule has 0 fully saturated rings. The highest BCUT2D eigenvalue weighted by Gasteiger charge is 1.90. The normalized spacial score (nSPS) is 10.2. The van der Waals surface area contributed by atoms with Crippen LogP contribution in [0.2, 0.25) is 0 Å². The van der Waals surface area contributed by atoms with Crippen LogP contribution in [0.15, 0.2) is 35.1 Å². The maximum absolute atomic E-state index is 3.88. The summed E-state index contributed by atoms with van der Waals surface area (Å²) in [6.07, 6.45) is 5.08. The lowest BCUT2D eigenvalue weighted by molar-refractivity contribution is 1.36. The average Bonchev–Trinajstić information content (AvgIpc) is 1.82. The smallest absolute Gasteiger partial charge is 0.00399 e. The molecule has 0 aromatic rings. The van der Waals surface area contributed by atoms with E-state index in [0.717, 1.165) is 16.2 Å². The molecule has 0 aliphatic heterocycles. The molecule has 0 heterocycles. The summed E-state index contributed by atoms with van der Waals surface area (Å²) in [5.41, 5.74) is 0. The maximum Gasteiger partial charge on any atom is -0.00399 e. The molecule has 0 saturated heterocycles. The predicted octanol–water partition coefficient (Wildman–Crippen LogP) is 3.73. The van der Waals surface area contributed by atoms with E-state index in [2.05, 4.69) is 19.2 Å². The molecule has 0 atom stereocenters. The van der Waals surface area contributed by atoms with Gasteiger partial charge in [0.2, 0.25) is 0 Å². The molecule has 0 saturated carbocycles. The van der Waals surface area contributed by atoms with Crippen molar-refractivity contribution in [3.63, 3.8) is 0 Å². The van der Waals surface area contributed by atoms with Crippen molar-refractivity contribution < 1.29 is 0 Å². The molecule has 10 heavy (non-hydrogen) atoms. The molecule has 0 spiro atoms. The van der Waals surface area contributed by atoms with Crippen LogP contribution in [0.1, 0.15) is 20.3 Å². The molecular weight excluding hydrogens is 140 g/mol. The van der Waals surface area contributed by atoms with Crippen molar-refractivity contribution in [1.82, 2.24) is 0 Å². The Labute approximate surface area is 67.7 Å². The zero-order valence-electron chi connectivity index (χ0n) is 6.68. The molecule has 56 valence electrons. The molecule has 0 aromatic carbocycles. The minimum atomic E-state index is 0.952. The molecule has 1 heteroatoms. The lowest BCUT2D eigenvalue weighted by Crippen LogP contribution is -1.70. The van der Waals surface area contributed by atoms with Crippen LogP contribution in [-0.4, -0.2) is 0 Å². The Kier molecular flexibility index (Phi) is 5.13. The van der Waals surface area contributed by atoms with Crippen molar-refractivity contribution in [2.45, 2.75) is 20.3 Å². The summed E-state index contributed by atoms with van der Waals surface area (Å²) in [7, 11) is 0. The monoisotopic (exact) mass is 154 g/mol. The van der Waals surface area contributed by atoms with Gasteiger partial charge in [-0.1, -0.05) is 25.3 Å². The molecule has 0 N–H and O–H groups in total. The van der Waals surface area contributed by atoms with E-state index >= 15 is 0 Å². The van der Waals surface area contributed by atoms with E-state index in [-0.39, 0.29) is 0 Å². The van der Waals surface area contributed by atoms with E-state index in [1.165, 1.54) is 0 Å². The third-order valence-electron chi connectivity index (χ3n) is 0.900. The summed E-state index contributed by atoms with van der Waals surface area (Å²) in [5.74, 6) is 0. The molecule has 0 rings (SSSR count). The average molecular weight is 154 g/mol. The van der Waals surface area contributed by atoms with Gasteiger partial charge in [0.25, 0.3) is 0 Å². The first-order chi connectivity index (χ1) is 4.66. The largest absolute Gasteiger partial charge is 0.100 e. The van der Waals surface area contributed by atoms with Crippen LogP contribution in [0.4, 0.5) is 0 Å². The van der Waals surface area contributed by atoms with Gasteiger partial charge in [-0.15, -0.1) is 11.8 Å². The van der Waals surface area contributed by atoms with E-state index in [1.807, 2.05) is 19.9 Å². The molecule has 0 nitrogen and oxygen atoms in total. The van der Waals surface area contributed by atoms with Crippen LogP contribution in [0, 0.1) is 0 Å². The van der Waals surface area contributed by atoms with Crippen LogP contribution in [0.5, 0.6) is 0 Å². The zero-order valence-corrected chi connectivity index (χ0v) is 7.50. The molecule has 0 aliphatic carbocycles. The number of allylic oxidation sites excluding steroid dienone is 4. The second-order valence-corrected chi connectivity index (χ2v) is 3.59. The molecule has 0 aliphatic rings. The predicted molar refractivity (Wildman–Crippen MR) is 51.0 cm³/mol. The number of hydrogen-bond acceptors (Lipinski definition) is 1. The minimum absolute atomic E-state index is 0.952. The van der Waals surface area contributed by atoms with Crippen molar-refractivity contribution in [3.05, 3.63) is 35.1 Å². The number of thioether (sulfide) groups is 1. The Balaban J connectivity index is 3.54. The van der Waals surface area contributed by atoms with Crippen LogP contribution >= 0.6 is 11.8 Å². The first-order valence-corrected chi connectivity index (χ1v) is 4.10. The van der Waals surface area contributed by atoms with Crippen molar-refractivity contribution in [1.29, 1.82) is 0 Å². The Morgan fingerprint density at radius 1 is 1.50 bits per heavy atom. The molecule has 0 bridgehead atoms. The molecule has 0 unspecified atom stereocenters. The molecule has 0 amide bonds. The Bertz CT molecular complexity index is 154. The summed E-state index contributed by atoms with van der Waals surface area (Å²) in [5, 5.41) is 0. The Hall–Kier alpha value is -0.430. The van der Waals surface area contributed by atoms with Crippen molar-refractivity contribution in [2.24, 2.45) is 0 Å². The fourth-order valence-corrected chi connectivity index (χ4v) is 1.21. The van der Waals surface area contributed by atoms with Crippen molar-refractivity contribution in [3.8, 4) is 0 Å². The second-order valence-electron chi connectivity index (χ2n) is 2.12. The fraction of sp³-hybridized carbons (Fsp3) is 0.333.